The van der Waals surface area contributed by atoms with Gasteiger partial charge in [0.05, 0.1) is 6.10 Å². The van der Waals surface area contributed by atoms with E-state index in [0.717, 1.165) is 25.0 Å². The van der Waals surface area contributed by atoms with Crippen LogP contribution in [0.2, 0.25) is 0 Å². The van der Waals surface area contributed by atoms with E-state index in [1.165, 1.54) is 19.3 Å². The molecule has 1 N–H and O–H groups in total. The van der Waals surface area contributed by atoms with Gasteiger partial charge in [-0.1, -0.05) is 37.5 Å². The van der Waals surface area contributed by atoms with Crippen molar-refractivity contribution in [2.24, 2.45) is 5.41 Å². The van der Waals surface area contributed by atoms with Gasteiger partial charge in [-0.25, -0.2) is 0 Å². The van der Waals surface area contributed by atoms with Crippen molar-refractivity contribution in [2.75, 3.05) is 0 Å². The van der Waals surface area contributed by atoms with Crippen LogP contribution >= 0.6 is 0 Å². The van der Waals surface area contributed by atoms with Gasteiger partial charge in [-0.2, -0.15) is 0 Å². The van der Waals surface area contributed by atoms with Crippen LogP contribution < -0.4 is 4.74 Å². The lowest BCUT2D eigenvalue weighted by Gasteiger charge is -2.55. The number of ether oxygens (including phenoxy) is 1. The second-order valence-corrected chi connectivity index (χ2v) is 5.46. The topological polar surface area (TPSA) is 29.5 Å². The van der Waals surface area contributed by atoms with Crippen molar-refractivity contribution >= 4 is 0 Å². The van der Waals surface area contributed by atoms with Crippen LogP contribution in [0.15, 0.2) is 30.3 Å². The Balaban J connectivity index is 1.72. The maximum absolute atomic E-state index is 10.1. The zero-order chi connectivity index (χ0) is 11.7. The predicted molar refractivity (Wildman–Crippen MR) is 67.0 cm³/mol. The molecule has 2 aliphatic carbocycles. The van der Waals surface area contributed by atoms with Crippen LogP contribution in [-0.4, -0.2) is 17.3 Å². The van der Waals surface area contributed by atoms with E-state index in [-0.39, 0.29) is 17.6 Å². The molecule has 1 aromatic carbocycles. The van der Waals surface area contributed by atoms with Crippen LogP contribution in [0, 0.1) is 5.41 Å². The highest BCUT2D eigenvalue weighted by Crippen LogP contribution is 2.53. The average molecular weight is 232 g/mol. The number of rotatable bonds is 2. The van der Waals surface area contributed by atoms with Crippen LogP contribution in [0.25, 0.3) is 0 Å². The summed E-state index contributed by atoms with van der Waals surface area (Å²) in [6.45, 7) is 0. The van der Waals surface area contributed by atoms with Crippen LogP contribution in [0.4, 0.5) is 0 Å². The molecular weight excluding hydrogens is 212 g/mol. The Morgan fingerprint density at radius 1 is 1.06 bits per heavy atom. The minimum Gasteiger partial charge on any atom is -0.490 e. The van der Waals surface area contributed by atoms with Gasteiger partial charge < -0.3 is 9.84 Å². The fourth-order valence-electron chi connectivity index (χ4n) is 3.42. The van der Waals surface area contributed by atoms with Crippen LogP contribution in [0.5, 0.6) is 5.75 Å². The number of hydrogen-bond acceptors (Lipinski definition) is 2. The molecular formula is C15H20O2. The van der Waals surface area contributed by atoms with Gasteiger partial charge in [0.15, 0.2) is 0 Å². The quantitative estimate of drug-likeness (QED) is 0.848. The fourth-order valence-corrected chi connectivity index (χ4v) is 3.42. The van der Waals surface area contributed by atoms with E-state index in [1.807, 2.05) is 30.3 Å². The molecule has 92 valence electrons. The summed E-state index contributed by atoms with van der Waals surface area (Å²) in [5.74, 6) is 0.939. The Morgan fingerprint density at radius 2 is 1.76 bits per heavy atom. The van der Waals surface area contributed by atoms with Crippen molar-refractivity contribution < 1.29 is 9.84 Å². The molecule has 1 spiro atoms. The highest BCUT2D eigenvalue weighted by molar-refractivity contribution is 5.23. The van der Waals surface area contributed by atoms with Gasteiger partial charge >= 0.3 is 0 Å². The summed E-state index contributed by atoms with van der Waals surface area (Å²) >= 11 is 0. The molecule has 2 nitrogen and oxygen atoms in total. The van der Waals surface area contributed by atoms with Gasteiger partial charge in [0.25, 0.3) is 0 Å². The van der Waals surface area contributed by atoms with Gasteiger partial charge in [0, 0.05) is 11.8 Å². The molecule has 0 saturated heterocycles. The molecule has 2 fully saturated rings. The van der Waals surface area contributed by atoms with E-state index >= 15 is 0 Å². The van der Waals surface area contributed by atoms with Crippen molar-refractivity contribution in [2.45, 2.75) is 50.7 Å². The van der Waals surface area contributed by atoms with E-state index in [0.29, 0.717) is 0 Å². The third-order valence-electron chi connectivity index (χ3n) is 4.55. The number of benzene rings is 1. The van der Waals surface area contributed by atoms with E-state index in [4.69, 9.17) is 4.74 Å². The van der Waals surface area contributed by atoms with E-state index < -0.39 is 0 Å². The monoisotopic (exact) mass is 232 g/mol. The molecule has 1 aromatic rings. The molecule has 2 atom stereocenters. The minimum atomic E-state index is -0.142. The Kier molecular flexibility index (Phi) is 2.83. The smallest absolute Gasteiger partial charge is 0.119 e. The van der Waals surface area contributed by atoms with E-state index in [9.17, 15) is 5.11 Å². The van der Waals surface area contributed by atoms with Crippen LogP contribution in [-0.2, 0) is 0 Å². The zero-order valence-electron chi connectivity index (χ0n) is 10.1. The van der Waals surface area contributed by atoms with Crippen molar-refractivity contribution in [1.82, 2.24) is 0 Å². The van der Waals surface area contributed by atoms with E-state index in [1.54, 1.807) is 0 Å². The predicted octanol–water partition coefficient (Wildman–Crippen LogP) is 3.15. The molecule has 2 saturated carbocycles. The molecule has 0 radical (unpaired) electrons. The standard InChI is InChI=1S/C15H20O2/c16-13-11-14(15(13)9-5-2-6-10-15)17-12-7-3-1-4-8-12/h1,3-4,7-8,13-14,16H,2,5-6,9-11H2. The second-order valence-electron chi connectivity index (χ2n) is 5.46. The molecule has 0 bridgehead atoms. The summed E-state index contributed by atoms with van der Waals surface area (Å²) in [4.78, 5) is 0. The highest BCUT2D eigenvalue weighted by Gasteiger charge is 2.56. The maximum Gasteiger partial charge on any atom is 0.119 e. The lowest BCUT2D eigenvalue weighted by atomic mass is 9.56. The Labute approximate surface area is 103 Å². The molecule has 0 heterocycles. The fraction of sp³-hybridized carbons (Fsp3) is 0.600. The van der Waals surface area contributed by atoms with Gasteiger partial charge in [-0.05, 0) is 25.0 Å². The number of aliphatic hydroxyl groups is 1. The van der Waals surface area contributed by atoms with Crippen molar-refractivity contribution in [1.29, 1.82) is 0 Å². The Morgan fingerprint density at radius 3 is 2.41 bits per heavy atom. The summed E-state index contributed by atoms with van der Waals surface area (Å²) in [6, 6.07) is 10.00. The van der Waals surface area contributed by atoms with Gasteiger partial charge in [0.1, 0.15) is 11.9 Å². The third kappa shape index (κ3) is 1.85. The number of para-hydroxylation sites is 1. The molecule has 2 heteroatoms. The number of hydrogen-bond donors (Lipinski definition) is 1. The van der Waals surface area contributed by atoms with Gasteiger partial charge in [-0.15, -0.1) is 0 Å². The lowest BCUT2D eigenvalue weighted by molar-refractivity contribution is -0.172. The number of aliphatic hydroxyl groups excluding tert-OH is 1. The summed E-state index contributed by atoms with van der Waals surface area (Å²) in [5, 5.41) is 10.1. The maximum atomic E-state index is 10.1. The summed E-state index contributed by atoms with van der Waals surface area (Å²) in [7, 11) is 0. The first kappa shape index (κ1) is 11.1. The first-order valence-electron chi connectivity index (χ1n) is 6.71. The summed E-state index contributed by atoms with van der Waals surface area (Å²) in [5.41, 5.74) is 0.0636. The van der Waals surface area contributed by atoms with Crippen molar-refractivity contribution in [3.8, 4) is 5.75 Å². The molecule has 0 aliphatic heterocycles. The molecule has 17 heavy (non-hydrogen) atoms. The minimum absolute atomic E-state index is 0.0636. The van der Waals surface area contributed by atoms with E-state index in [2.05, 4.69) is 0 Å². The Hall–Kier alpha value is -1.02. The molecule has 2 aliphatic rings. The first-order chi connectivity index (χ1) is 8.31. The molecule has 0 amide bonds. The normalized spacial score (nSPS) is 30.9. The van der Waals surface area contributed by atoms with Gasteiger partial charge in [-0.3, -0.25) is 0 Å². The lowest BCUT2D eigenvalue weighted by Crippen LogP contribution is -2.60. The summed E-state index contributed by atoms with van der Waals surface area (Å²) < 4.78 is 6.05. The van der Waals surface area contributed by atoms with Crippen molar-refractivity contribution in [3.63, 3.8) is 0 Å². The second kappa shape index (κ2) is 4.34. The molecule has 3 rings (SSSR count). The average Bonchev–Trinajstić information content (AvgIpc) is 2.41. The van der Waals surface area contributed by atoms with Crippen LogP contribution in [0.1, 0.15) is 38.5 Å². The zero-order valence-corrected chi connectivity index (χ0v) is 10.1. The first-order valence-corrected chi connectivity index (χ1v) is 6.71. The third-order valence-corrected chi connectivity index (χ3v) is 4.55. The Bertz CT molecular complexity index is 368. The largest absolute Gasteiger partial charge is 0.490 e. The van der Waals surface area contributed by atoms with Crippen molar-refractivity contribution in [3.05, 3.63) is 30.3 Å². The highest BCUT2D eigenvalue weighted by atomic mass is 16.5. The molecule has 2 unspecified atom stereocenters. The summed E-state index contributed by atoms with van der Waals surface area (Å²) in [6.07, 6.45) is 6.94. The SMILES string of the molecule is OC1CC(Oc2ccccc2)C12CCCCC2. The van der Waals surface area contributed by atoms with Crippen LogP contribution in [0.3, 0.4) is 0 Å². The van der Waals surface area contributed by atoms with Gasteiger partial charge in [0.2, 0.25) is 0 Å². The molecule has 0 aromatic heterocycles.